The molecule has 3 N–H and O–H groups in total. The Labute approximate surface area is 112 Å². The minimum absolute atomic E-state index is 0.0406. The SMILES string of the molecule is N#CC1CCCCCC1Nc1cc(Cl)ncc1N. The van der Waals surface area contributed by atoms with Gasteiger partial charge in [-0.25, -0.2) is 4.98 Å². The van der Waals surface area contributed by atoms with Gasteiger partial charge in [-0.15, -0.1) is 0 Å². The van der Waals surface area contributed by atoms with E-state index in [1.54, 1.807) is 12.3 Å². The van der Waals surface area contributed by atoms with Crippen LogP contribution in [0.25, 0.3) is 0 Å². The highest BCUT2D eigenvalue weighted by Gasteiger charge is 2.23. The zero-order valence-corrected chi connectivity index (χ0v) is 11.0. The number of nitrogens with zero attached hydrogens (tertiary/aromatic N) is 2. The van der Waals surface area contributed by atoms with Gasteiger partial charge in [-0.2, -0.15) is 5.26 Å². The molecule has 18 heavy (non-hydrogen) atoms. The van der Waals surface area contributed by atoms with E-state index >= 15 is 0 Å². The van der Waals surface area contributed by atoms with Crippen LogP contribution in [0.1, 0.15) is 32.1 Å². The second kappa shape index (κ2) is 5.92. The van der Waals surface area contributed by atoms with Crippen molar-refractivity contribution in [2.24, 2.45) is 5.92 Å². The van der Waals surface area contributed by atoms with E-state index in [0.717, 1.165) is 31.4 Å². The van der Waals surface area contributed by atoms with Gasteiger partial charge in [-0.3, -0.25) is 0 Å². The molecule has 1 aromatic rings. The molecule has 96 valence electrons. The zero-order chi connectivity index (χ0) is 13.0. The van der Waals surface area contributed by atoms with Gasteiger partial charge in [0.2, 0.25) is 0 Å². The summed E-state index contributed by atoms with van der Waals surface area (Å²) in [5, 5.41) is 13.0. The molecule has 5 heteroatoms. The smallest absolute Gasteiger partial charge is 0.131 e. The predicted molar refractivity (Wildman–Crippen MR) is 73.3 cm³/mol. The van der Waals surface area contributed by atoms with Crippen molar-refractivity contribution in [3.8, 4) is 6.07 Å². The average molecular weight is 265 g/mol. The molecule has 0 bridgehead atoms. The lowest BCUT2D eigenvalue weighted by Gasteiger charge is -2.22. The second-order valence-corrected chi connectivity index (χ2v) is 5.11. The molecule has 0 saturated heterocycles. The molecule has 1 fully saturated rings. The molecule has 2 rings (SSSR count). The summed E-state index contributed by atoms with van der Waals surface area (Å²) in [7, 11) is 0. The van der Waals surface area contributed by atoms with E-state index in [9.17, 15) is 5.26 Å². The summed E-state index contributed by atoms with van der Waals surface area (Å²) in [6.45, 7) is 0. The van der Waals surface area contributed by atoms with Crippen LogP contribution < -0.4 is 11.1 Å². The highest BCUT2D eigenvalue weighted by molar-refractivity contribution is 6.29. The van der Waals surface area contributed by atoms with E-state index in [-0.39, 0.29) is 12.0 Å². The Morgan fingerprint density at radius 2 is 2.17 bits per heavy atom. The molecular weight excluding hydrogens is 248 g/mol. The van der Waals surface area contributed by atoms with Crippen LogP contribution in [0.2, 0.25) is 5.15 Å². The first-order valence-corrected chi connectivity index (χ1v) is 6.65. The number of hydrogen-bond donors (Lipinski definition) is 2. The van der Waals surface area contributed by atoms with E-state index in [1.165, 1.54) is 6.42 Å². The number of nitrogen functional groups attached to an aromatic ring is 1. The normalized spacial score (nSPS) is 24.0. The molecule has 2 unspecified atom stereocenters. The van der Waals surface area contributed by atoms with E-state index in [2.05, 4.69) is 16.4 Å². The topological polar surface area (TPSA) is 74.7 Å². The molecule has 1 aliphatic rings. The minimum Gasteiger partial charge on any atom is -0.396 e. The van der Waals surface area contributed by atoms with Gasteiger partial charge in [0.25, 0.3) is 0 Å². The van der Waals surface area contributed by atoms with Crippen LogP contribution in [-0.4, -0.2) is 11.0 Å². The summed E-state index contributed by atoms with van der Waals surface area (Å²) in [5.41, 5.74) is 7.22. The fraction of sp³-hybridized carbons (Fsp3) is 0.538. The first kappa shape index (κ1) is 13.0. The monoisotopic (exact) mass is 264 g/mol. The lowest BCUT2D eigenvalue weighted by molar-refractivity contribution is 0.514. The number of pyridine rings is 1. The maximum Gasteiger partial charge on any atom is 0.131 e. The molecule has 0 radical (unpaired) electrons. The third-order valence-corrected chi connectivity index (χ3v) is 3.63. The van der Waals surface area contributed by atoms with Gasteiger partial charge >= 0.3 is 0 Å². The minimum atomic E-state index is 0.0406. The standard InChI is InChI=1S/C13H17ClN4/c14-13-6-12(10(16)8-17-13)18-11-5-3-1-2-4-9(11)7-15/h6,8-9,11H,1-5,16H2,(H,17,18). The van der Waals surface area contributed by atoms with Crippen molar-refractivity contribution < 1.29 is 0 Å². The van der Waals surface area contributed by atoms with Crippen molar-refractivity contribution in [3.63, 3.8) is 0 Å². The van der Waals surface area contributed by atoms with Crippen LogP contribution >= 0.6 is 11.6 Å². The number of rotatable bonds is 2. The van der Waals surface area contributed by atoms with Crippen LogP contribution in [0.3, 0.4) is 0 Å². The van der Waals surface area contributed by atoms with E-state index in [1.807, 2.05) is 0 Å². The molecular formula is C13H17ClN4. The van der Waals surface area contributed by atoms with Crippen molar-refractivity contribution in [1.29, 1.82) is 5.26 Å². The van der Waals surface area contributed by atoms with E-state index in [0.29, 0.717) is 10.8 Å². The van der Waals surface area contributed by atoms with Gasteiger partial charge in [-0.1, -0.05) is 30.9 Å². The van der Waals surface area contributed by atoms with Crippen molar-refractivity contribution in [1.82, 2.24) is 4.98 Å². The van der Waals surface area contributed by atoms with Crippen molar-refractivity contribution in [2.45, 2.75) is 38.1 Å². The number of nitrogens with one attached hydrogen (secondary N) is 1. The van der Waals surface area contributed by atoms with Crippen LogP contribution in [0.15, 0.2) is 12.3 Å². The highest BCUT2D eigenvalue weighted by atomic mass is 35.5. The maximum absolute atomic E-state index is 9.23. The Balaban J connectivity index is 2.15. The Bertz CT molecular complexity index is 455. The molecule has 1 heterocycles. The first-order chi connectivity index (χ1) is 8.70. The molecule has 4 nitrogen and oxygen atoms in total. The number of nitrogens with two attached hydrogens (primary N) is 1. The largest absolute Gasteiger partial charge is 0.396 e. The molecule has 1 aliphatic carbocycles. The number of halogens is 1. The lowest BCUT2D eigenvalue weighted by atomic mass is 9.96. The Hall–Kier alpha value is -1.47. The highest BCUT2D eigenvalue weighted by Crippen LogP contribution is 2.28. The maximum atomic E-state index is 9.23. The van der Waals surface area contributed by atoms with E-state index in [4.69, 9.17) is 17.3 Å². The molecule has 0 aliphatic heterocycles. The number of hydrogen-bond acceptors (Lipinski definition) is 4. The number of aromatic nitrogens is 1. The van der Waals surface area contributed by atoms with Crippen LogP contribution in [0.5, 0.6) is 0 Å². The summed E-state index contributed by atoms with van der Waals surface area (Å²) in [6, 6.07) is 4.27. The Kier molecular flexibility index (Phi) is 4.27. The van der Waals surface area contributed by atoms with E-state index < -0.39 is 0 Å². The van der Waals surface area contributed by atoms with Crippen molar-refractivity contribution in [3.05, 3.63) is 17.4 Å². The molecule has 1 aromatic heterocycles. The van der Waals surface area contributed by atoms with Crippen LogP contribution in [0.4, 0.5) is 11.4 Å². The quantitative estimate of drug-likeness (QED) is 0.635. The predicted octanol–water partition coefficient (Wildman–Crippen LogP) is 3.20. The van der Waals surface area contributed by atoms with Gasteiger partial charge in [-0.05, 0) is 12.8 Å². The van der Waals surface area contributed by atoms with Crippen molar-refractivity contribution >= 4 is 23.0 Å². The van der Waals surface area contributed by atoms with Gasteiger partial charge < -0.3 is 11.1 Å². The summed E-state index contributed by atoms with van der Waals surface area (Å²) >= 11 is 5.87. The summed E-state index contributed by atoms with van der Waals surface area (Å²) in [5.74, 6) is 0.0406. The lowest BCUT2D eigenvalue weighted by Crippen LogP contribution is -2.27. The summed E-state index contributed by atoms with van der Waals surface area (Å²) in [6.07, 6.45) is 6.97. The second-order valence-electron chi connectivity index (χ2n) is 4.72. The number of anilines is 2. The third kappa shape index (κ3) is 3.05. The van der Waals surface area contributed by atoms with Crippen LogP contribution in [0, 0.1) is 17.2 Å². The Morgan fingerprint density at radius 3 is 2.94 bits per heavy atom. The molecule has 0 amide bonds. The van der Waals surface area contributed by atoms with Gasteiger partial charge in [0.15, 0.2) is 0 Å². The van der Waals surface area contributed by atoms with Gasteiger partial charge in [0, 0.05) is 12.1 Å². The van der Waals surface area contributed by atoms with Gasteiger partial charge in [0.05, 0.1) is 29.6 Å². The molecule has 0 aromatic carbocycles. The third-order valence-electron chi connectivity index (χ3n) is 3.42. The average Bonchev–Trinajstić information content (AvgIpc) is 2.59. The zero-order valence-electron chi connectivity index (χ0n) is 10.2. The fourth-order valence-corrected chi connectivity index (χ4v) is 2.56. The number of nitriles is 1. The first-order valence-electron chi connectivity index (χ1n) is 6.28. The van der Waals surface area contributed by atoms with Gasteiger partial charge in [0.1, 0.15) is 5.15 Å². The molecule has 1 saturated carbocycles. The fourth-order valence-electron chi connectivity index (χ4n) is 2.40. The summed E-state index contributed by atoms with van der Waals surface area (Å²) < 4.78 is 0. The van der Waals surface area contributed by atoms with Crippen LogP contribution in [-0.2, 0) is 0 Å². The van der Waals surface area contributed by atoms with Crippen molar-refractivity contribution in [2.75, 3.05) is 11.1 Å². The summed E-state index contributed by atoms with van der Waals surface area (Å²) in [4.78, 5) is 3.93. The molecule has 2 atom stereocenters. The molecule has 0 spiro atoms. The Morgan fingerprint density at radius 1 is 1.39 bits per heavy atom.